The number of fused-ring (bicyclic) bond motifs is 8. The van der Waals surface area contributed by atoms with Crippen LogP contribution in [0.4, 0.5) is 5.69 Å². The van der Waals surface area contributed by atoms with Gasteiger partial charge in [-0.05, 0) is 50.0 Å². The molecule has 3 aromatic heterocycles. The van der Waals surface area contributed by atoms with Gasteiger partial charge in [0.2, 0.25) is 11.5 Å². The van der Waals surface area contributed by atoms with Gasteiger partial charge in [-0.15, -0.1) is 0 Å². The molecule has 1 aliphatic rings. The van der Waals surface area contributed by atoms with Crippen molar-refractivity contribution in [3.8, 4) is 5.75 Å². The molecule has 288 valence electrons. The van der Waals surface area contributed by atoms with Crippen LogP contribution >= 0.6 is 0 Å². The van der Waals surface area contributed by atoms with Crippen LogP contribution in [0.15, 0.2) is 107 Å². The smallest absolute Gasteiger partial charge is 0.374 e. The van der Waals surface area contributed by atoms with Gasteiger partial charge in [-0.1, -0.05) is 61.0 Å². The highest BCUT2D eigenvalue weighted by molar-refractivity contribution is 6.11. The van der Waals surface area contributed by atoms with Gasteiger partial charge in [-0.25, -0.2) is 0 Å². The number of aromatic nitrogens is 3. The van der Waals surface area contributed by atoms with Crippen molar-refractivity contribution in [2.24, 2.45) is 14.1 Å². The van der Waals surface area contributed by atoms with E-state index in [9.17, 15) is 9.59 Å². The Hall–Kier alpha value is -5.81. The zero-order chi connectivity index (χ0) is 38.1. The van der Waals surface area contributed by atoms with E-state index in [1.54, 1.807) is 0 Å². The van der Waals surface area contributed by atoms with E-state index in [2.05, 4.69) is 105 Å². The molecule has 56 heavy (non-hydrogen) atoms. The molecule has 4 heterocycles. The summed E-state index contributed by atoms with van der Waals surface area (Å²) in [4.78, 5) is 24.4. The highest BCUT2D eigenvalue weighted by Crippen LogP contribution is 2.44. The lowest BCUT2D eigenvalue weighted by Crippen LogP contribution is -3.00. The number of rotatable bonds is 15. The minimum atomic E-state index is -0.766. The number of carboxylic acids is 2. The maximum atomic E-state index is 11.1. The van der Waals surface area contributed by atoms with Crippen molar-refractivity contribution in [1.29, 1.82) is 0 Å². The number of halogens is 1. The first kappa shape index (κ1) is 38.5. The van der Waals surface area contributed by atoms with E-state index < -0.39 is 11.9 Å². The molecular weight excluding hydrogens is 772 g/mol. The molecule has 11 heteroatoms. The SMILES string of the molecule is Cn1c2ccccc2c2cc3c(cc21)O/C(=C/C=C/C=C/c1oc2cc4c(cc2[n+]1CCCCCC(=O)O)c1ccccc1n4C)N3CCCCCC(=O)O.[Br-]. The second-order valence-electron chi connectivity index (χ2n) is 14.3. The molecule has 0 bridgehead atoms. The predicted molar refractivity (Wildman–Crippen MR) is 217 cm³/mol. The summed E-state index contributed by atoms with van der Waals surface area (Å²) in [5.41, 5.74) is 7.33. The van der Waals surface area contributed by atoms with Crippen molar-refractivity contribution in [3.05, 3.63) is 109 Å². The largest absolute Gasteiger partial charge is 1.00 e. The van der Waals surface area contributed by atoms with Gasteiger partial charge >= 0.3 is 17.8 Å². The monoisotopic (exact) mass is 816 g/mol. The molecule has 0 fully saturated rings. The molecule has 10 nitrogen and oxygen atoms in total. The zero-order valence-corrected chi connectivity index (χ0v) is 33.2. The first-order valence-electron chi connectivity index (χ1n) is 19.1. The molecule has 0 amide bonds. The van der Waals surface area contributed by atoms with Gasteiger partial charge in [0.25, 0.3) is 5.52 Å². The number of ether oxygens (including phenoxy) is 1. The van der Waals surface area contributed by atoms with Crippen LogP contribution in [0.3, 0.4) is 0 Å². The van der Waals surface area contributed by atoms with Crippen molar-refractivity contribution in [2.75, 3.05) is 11.4 Å². The standard InChI is InChI=1S/C45H44N4O6.BrH/c1-46-34-18-12-10-16-30(34)32-26-38-40(28-36(32)46)54-42(48(38)24-14-4-8-22-44(50)51)20-6-3-7-21-43-49(25-15-5-9-23-45(52)53)39-27-33-31-17-11-13-19-35(31)47(2)37(33)29-41(39)55-43;/h3,6-7,10-13,16-21,26-29H,4-5,8-9,14-15,22-25H2,1-2H3,(H-,50,51,52,53);1H. The zero-order valence-electron chi connectivity index (χ0n) is 31.6. The molecule has 0 aliphatic carbocycles. The lowest BCUT2D eigenvalue weighted by Gasteiger charge is -2.18. The number of aryl methyl sites for hydroxylation is 3. The lowest BCUT2D eigenvalue weighted by molar-refractivity contribution is -0.678. The summed E-state index contributed by atoms with van der Waals surface area (Å²) in [6, 6.07) is 25.4. The molecule has 4 aromatic carbocycles. The summed E-state index contributed by atoms with van der Waals surface area (Å²) < 4.78 is 19.6. The average molecular weight is 818 g/mol. The van der Waals surface area contributed by atoms with Crippen LogP contribution in [0.25, 0.3) is 60.8 Å². The normalized spacial score (nSPS) is 13.7. The Morgan fingerprint density at radius 2 is 1.32 bits per heavy atom. The molecule has 8 rings (SSSR count). The third kappa shape index (κ3) is 7.43. The van der Waals surface area contributed by atoms with Gasteiger partial charge in [0, 0.05) is 90.7 Å². The van der Waals surface area contributed by atoms with E-state index in [-0.39, 0.29) is 29.8 Å². The number of nitrogens with zero attached hydrogens (tertiary/aromatic N) is 4. The summed E-state index contributed by atoms with van der Waals surface area (Å²) in [7, 11) is 4.15. The Labute approximate surface area is 334 Å². The number of oxazole rings is 1. The molecule has 1 aliphatic heterocycles. The number of carbonyl (C=O) groups is 2. The Morgan fingerprint density at radius 3 is 2.00 bits per heavy atom. The molecule has 0 saturated carbocycles. The van der Waals surface area contributed by atoms with Gasteiger partial charge in [0.15, 0.2) is 12.3 Å². The second-order valence-corrected chi connectivity index (χ2v) is 14.3. The van der Waals surface area contributed by atoms with Crippen LogP contribution in [0, 0.1) is 0 Å². The molecule has 0 saturated heterocycles. The summed E-state index contributed by atoms with van der Waals surface area (Å²) in [5, 5.41) is 23.0. The van der Waals surface area contributed by atoms with Crippen LogP contribution in [-0.2, 0) is 30.2 Å². The van der Waals surface area contributed by atoms with E-state index in [1.807, 2.05) is 30.4 Å². The fourth-order valence-corrected chi connectivity index (χ4v) is 8.00. The Kier molecular flexibility index (Phi) is 11.3. The van der Waals surface area contributed by atoms with Gasteiger partial charge < -0.3 is 50.4 Å². The molecule has 7 aromatic rings. The number of carboxylic acid groups (broad SMARTS) is 2. The summed E-state index contributed by atoms with van der Waals surface area (Å²) in [6.45, 7) is 1.40. The van der Waals surface area contributed by atoms with Crippen LogP contribution in [0.2, 0.25) is 0 Å². The number of hydrogen-bond donors (Lipinski definition) is 2. The number of para-hydroxylation sites is 2. The topological polar surface area (TPSA) is 114 Å². The van der Waals surface area contributed by atoms with Crippen molar-refractivity contribution >= 4 is 78.4 Å². The fourth-order valence-electron chi connectivity index (χ4n) is 8.00. The first-order valence-corrected chi connectivity index (χ1v) is 19.1. The number of unbranched alkanes of at least 4 members (excludes halogenated alkanes) is 4. The highest BCUT2D eigenvalue weighted by Gasteiger charge is 2.28. The summed E-state index contributed by atoms with van der Waals surface area (Å²) in [5.74, 6) is 0.704. The van der Waals surface area contributed by atoms with Crippen LogP contribution < -0.4 is 31.2 Å². The van der Waals surface area contributed by atoms with Gasteiger partial charge in [-0.3, -0.25) is 9.59 Å². The quantitative estimate of drug-likeness (QED) is 0.0681. The van der Waals surface area contributed by atoms with E-state index >= 15 is 0 Å². The van der Waals surface area contributed by atoms with Crippen molar-refractivity contribution in [1.82, 2.24) is 9.13 Å². The van der Waals surface area contributed by atoms with Gasteiger partial charge in [-0.2, -0.15) is 4.57 Å². The Morgan fingerprint density at radius 1 is 0.696 bits per heavy atom. The number of allylic oxidation sites excluding steroid dienone is 4. The summed E-state index contributed by atoms with van der Waals surface area (Å²) in [6.07, 6.45) is 14.7. The van der Waals surface area contributed by atoms with Crippen LogP contribution in [0.1, 0.15) is 57.3 Å². The third-order valence-corrected chi connectivity index (χ3v) is 10.8. The van der Waals surface area contributed by atoms with E-state index in [0.29, 0.717) is 25.9 Å². The van der Waals surface area contributed by atoms with Gasteiger partial charge in [0.05, 0.1) is 22.8 Å². The summed E-state index contributed by atoms with van der Waals surface area (Å²) >= 11 is 0. The molecule has 0 spiro atoms. The van der Waals surface area contributed by atoms with Crippen molar-refractivity contribution < 1.29 is 50.5 Å². The maximum Gasteiger partial charge on any atom is 0.374 e. The van der Waals surface area contributed by atoms with Crippen molar-refractivity contribution in [2.45, 2.75) is 57.9 Å². The molecular formula is C45H45BrN4O6. The maximum absolute atomic E-state index is 11.1. The Bertz CT molecular complexity index is 2700. The van der Waals surface area contributed by atoms with Gasteiger partial charge in [0.1, 0.15) is 0 Å². The third-order valence-electron chi connectivity index (χ3n) is 10.8. The molecule has 0 unspecified atom stereocenters. The predicted octanol–water partition coefficient (Wildman–Crippen LogP) is 6.61. The first-order chi connectivity index (χ1) is 26.8. The number of aliphatic carboxylic acids is 2. The second kappa shape index (κ2) is 16.5. The minimum Gasteiger partial charge on any atom is -1.00 e. The van der Waals surface area contributed by atoms with E-state index in [1.165, 1.54) is 10.8 Å². The molecule has 0 atom stereocenters. The van der Waals surface area contributed by atoms with E-state index in [0.717, 1.165) is 92.8 Å². The number of hydrogen-bond acceptors (Lipinski definition) is 5. The number of benzene rings is 4. The highest BCUT2D eigenvalue weighted by atomic mass is 79.9. The number of anilines is 1. The minimum absolute atomic E-state index is 0. The van der Waals surface area contributed by atoms with Crippen LogP contribution in [-0.4, -0.2) is 37.8 Å². The van der Waals surface area contributed by atoms with Crippen molar-refractivity contribution in [3.63, 3.8) is 0 Å². The average Bonchev–Trinajstić information content (AvgIpc) is 3.87. The Balaban J connectivity index is 0.00000480. The lowest BCUT2D eigenvalue weighted by atomic mass is 10.1. The molecule has 2 N–H and O–H groups in total. The fraction of sp³-hybridized carbons (Fsp3) is 0.267. The van der Waals surface area contributed by atoms with Crippen LogP contribution in [0.5, 0.6) is 5.75 Å². The van der Waals surface area contributed by atoms with E-state index in [4.69, 9.17) is 19.4 Å². The molecule has 0 radical (unpaired) electrons.